The Bertz CT molecular complexity index is 359. The third-order valence-corrected chi connectivity index (χ3v) is 2.50. The van der Waals surface area contributed by atoms with Gasteiger partial charge in [0.15, 0.2) is 0 Å². The van der Waals surface area contributed by atoms with Crippen LogP contribution in [0.15, 0.2) is 6.20 Å². The Labute approximate surface area is 96.0 Å². The number of carbonyl (C=O) groups is 1. The van der Waals surface area contributed by atoms with Gasteiger partial charge in [-0.25, -0.2) is 0 Å². The summed E-state index contributed by atoms with van der Waals surface area (Å²) in [5.74, 6) is 0.232. The molecule has 3 N–H and O–H groups in total. The molecule has 0 aliphatic heterocycles. The first-order chi connectivity index (χ1) is 7.58. The van der Waals surface area contributed by atoms with E-state index in [1.165, 1.54) is 0 Å². The standard InChI is InChI=1S/C11H20N4O/c1-4-10-9(7-15(3)14-10)11(16)13-6-8(2)5-12/h7-8H,4-6,12H2,1-3H3,(H,13,16). The first kappa shape index (κ1) is 12.7. The highest BCUT2D eigenvalue weighted by molar-refractivity contribution is 5.95. The number of nitrogens with zero attached hydrogens (tertiary/aromatic N) is 2. The first-order valence-electron chi connectivity index (χ1n) is 5.59. The zero-order valence-electron chi connectivity index (χ0n) is 10.2. The Kier molecular flexibility index (Phi) is 4.49. The minimum absolute atomic E-state index is 0.0646. The van der Waals surface area contributed by atoms with Gasteiger partial charge in [0.05, 0.1) is 11.3 Å². The van der Waals surface area contributed by atoms with Gasteiger partial charge >= 0.3 is 0 Å². The van der Waals surface area contributed by atoms with Gasteiger partial charge < -0.3 is 11.1 Å². The second kappa shape index (κ2) is 5.65. The molecule has 5 nitrogen and oxygen atoms in total. The van der Waals surface area contributed by atoms with Crippen LogP contribution in [0.3, 0.4) is 0 Å². The highest BCUT2D eigenvalue weighted by Gasteiger charge is 2.14. The molecular formula is C11H20N4O. The minimum Gasteiger partial charge on any atom is -0.352 e. The molecule has 0 aliphatic rings. The zero-order valence-corrected chi connectivity index (χ0v) is 10.2. The van der Waals surface area contributed by atoms with Crippen molar-refractivity contribution in [3.05, 3.63) is 17.5 Å². The van der Waals surface area contributed by atoms with Gasteiger partial charge in [0.2, 0.25) is 0 Å². The summed E-state index contributed by atoms with van der Waals surface area (Å²) >= 11 is 0. The maximum atomic E-state index is 11.9. The molecule has 0 aromatic carbocycles. The molecule has 0 saturated carbocycles. The molecule has 1 aromatic heterocycles. The van der Waals surface area contributed by atoms with E-state index >= 15 is 0 Å². The molecule has 16 heavy (non-hydrogen) atoms. The van der Waals surface area contributed by atoms with Crippen molar-refractivity contribution in [2.24, 2.45) is 18.7 Å². The zero-order chi connectivity index (χ0) is 12.1. The lowest BCUT2D eigenvalue weighted by molar-refractivity contribution is 0.0947. The van der Waals surface area contributed by atoms with Crippen LogP contribution >= 0.6 is 0 Å². The smallest absolute Gasteiger partial charge is 0.254 e. The Hall–Kier alpha value is -1.36. The van der Waals surface area contributed by atoms with Crippen LogP contribution in [0.25, 0.3) is 0 Å². The second-order valence-electron chi connectivity index (χ2n) is 4.07. The number of amides is 1. The van der Waals surface area contributed by atoms with E-state index in [1.807, 2.05) is 20.9 Å². The number of nitrogens with one attached hydrogen (secondary N) is 1. The van der Waals surface area contributed by atoms with Gasteiger partial charge in [-0.3, -0.25) is 9.48 Å². The molecule has 5 heteroatoms. The van der Waals surface area contributed by atoms with Gasteiger partial charge in [-0.05, 0) is 18.9 Å². The summed E-state index contributed by atoms with van der Waals surface area (Å²) in [6.07, 6.45) is 2.51. The van der Waals surface area contributed by atoms with Crippen molar-refractivity contribution in [1.82, 2.24) is 15.1 Å². The molecule has 1 atom stereocenters. The molecule has 1 unspecified atom stereocenters. The maximum absolute atomic E-state index is 11.9. The van der Waals surface area contributed by atoms with Crippen molar-refractivity contribution in [3.8, 4) is 0 Å². The van der Waals surface area contributed by atoms with E-state index in [0.717, 1.165) is 12.1 Å². The van der Waals surface area contributed by atoms with Gasteiger partial charge in [-0.2, -0.15) is 5.10 Å². The number of carbonyl (C=O) groups excluding carboxylic acids is 1. The molecule has 0 bridgehead atoms. The molecule has 0 spiro atoms. The lowest BCUT2D eigenvalue weighted by Crippen LogP contribution is -2.31. The van der Waals surface area contributed by atoms with E-state index in [0.29, 0.717) is 24.6 Å². The maximum Gasteiger partial charge on any atom is 0.254 e. The monoisotopic (exact) mass is 224 g/mol. The van der Waals surface area contributed by atoms with Crippen LogP contribution in [0.4, 0.5) is 0 Å². The summed E-state index contributed by atoms with van der Waals surface area (Å²) in [6, 6.07) is 0. The summed E-state index contributed by atoms with van der Waals surface area (Å²) in [5.41, 5.74) is 6.98. The minimum atomic E-state index is -0.0646. The third kappa shape index (κ3) is 3.06. The molecule has 0 aliphatic carbocycles. The van der Waals surface area contributed by atoms with Crippen LogP contribution in [0, 0.1) is 5.92 Å². The quantitative estimate of drug-likeness (QED) is 0.756. The second-order valence-corrected chi connectivity index (χ2v) is 4.07. The van der Waals surface area contributed by atoms with Crippen molar-refractivity contribution < 1.29 is 4.79 Å². The molecule has 90 valence electrons. The van der Waals surface area contributed by atoms with Crippen molar-refractivity contribution in [3.63, 3.8) is 0 Å². The Morgan fingerprint density at radius 2 is 2.38 bits per heavy atom. The number of hydrogen-bond donors (Lipinski definition) is 2. The molecule has 1 aromatic rings. The van der Waals surface area contributed by atoms with Crippen LogP contribution in [0.5, 0.6) is 0 Å². The number of rotatable bonds is 5. The lowest BCUT2D eigenvalue weighted by Gasteiger charge is -2.09. The van der Waals surface area contributed by atoms with E-state index in [1.54, 1.807) is 10.9 Å². The summed E-state index contributed by atoms with van der Waals surface area (Å²) in [5, 5.41) is 7.09. The van der Waals surface area contributed by atoms with Crippen LogP contribution in [-0.2, 0) is 13.5 Å². The van der Waals surface area contributed by atoms with E-state index in [4.69, 9.17) is 5.73 Å². The van der Waals surface area contributed by atoms with E-state index < -0.39 is 0 Å². The lowest BCUT2D eigenvalue weighted by atomic mass is 10.1. The van der Waals surface area contributed by atoms with E-state index in [9.17, 15) is 4.79 Å². The number of aromatic nitrogens is 2. The average molecular weight is 224 g/mol. The van der Waals surface area contributed by atoms with Gasteiger partial charge in [0.1, 0.15) is 0 Å². The normalized spacial score (nSPS) is 12.5. The molecule has 1 heterocycles. The Morgan fingerprint density at radius 1 is 1.69 bits per heavy atom. The number of nitrogens with two attached hydrogens (primary N) is 1. The van der Waals surface area contributed by atoms with Gasteiger partial charge in [-0.15, -0.1) is 0 Å². The largest absolute Gasteiger partial charge is 0.352 e. The predicted molar refractivity (Wildman–Crippen MR) is 63.1 cm³/mol. The van der Waals surface area contributed by atoms with Gasteiger partial charge in [-0.1, -0.05) is 13.8 Å². The fraction of sp³-hybridized carbons (Fsp3) is 0.636. The average Bonchev–Trinajstić information content (AvgIpc) is 2.66. The number of hydrogen-bond acceptors (Lipinski definition) is 3. The van der Waals surface area contributed by atoms with Crippen LogP contribution in [0.1, 0.15) is 29.9 Å². The highest BCUT2D eigenvalue weighted by Crippen LogP contribution is 2.06. The molecule has 0 fully saturated rings. The molecule has 0 saturated heterocycles. The summed E-state index contributed by atoms with van der Waals surface area (Å²) in [7, 11) is 1.82. The summed E-state index contributed by atoms with van der Waals surface area (Å²) in [4.78, 5) is 11.9. The molecule has 1 rings (SSSR count). The SMILES string of the molecule is CCc1nn(C)cc1C(=O)NCC(C)CN. The highest BCUT2D eigenvalue weighted by atomic mass is 16.1. The van der Waals surface area contributed by atoms with Crippen molar-refractivity contribution in [2.75, 3.05) is 13.1 Å². The summed E-state index contributed by atoms with van der Waals surface area (Å²) in [6.45, 7) is 5.17. The Morgan fingerprint density at radius 3 is 2.94 bits per heavy atom. The van der Waals surface area contributed by atoms with Gasteiger partial charge in [0.25, 0.3) is 5.91 Å². The van der Waals surface area contributed by atoms with Crippen LogP contribution in [-0.4, -0.2) is 28.8 Å². The molecular weight excluding hydrogens is 204 g/mol. The third-order valence-electron chi connectivity index (χ3n) is 2.50. The molecule has 0 radical (unpaired) electrons. The van der Waals surface area contributed by atoms with Crippen molar-refractivity contribution >= 4 is 5.91 Å². The van der Waals surface area contributed by atoms with Crippen LogP contribution in [0.2, 0.25) is 0 Å². The molecule has 1 amide bonds. The van der Waals surface area contributed by atoms with E-state index in [-0.39, 0.29) is 5.91 Å². The topological polar surface area (TPSA) is 72.9 Å². The predicted octanol–water partition coefficient (Wildman–Crippen LogP) is 0.307. The Balaban J connectivity index is 2.65. The van der Waals surface area contributed by atoms with Crippen LogP contribution < -0.4 is 11.1 Å². The van der Waals surface area contributed by atoms with Gasteiger partial charge in [0, 0.05) is 19.8 Å². The van der Waals surface area contributed by atoms with Crippen molar-refractivity contribution in [2.45, 2.75) is 20.3 Å². The van der Waals surface area contributed by atoms with E-state index in [2.05, 4.69) is 10.4 Å². The summed E-state index contributed by atoms with van der Waals surface area (Å²) < 4.78 is 1.67. The first-order valence-corrected chi connectivity index (χ1v) is 5.59. The fourth-order valence-corrected chi connectivity index (χ4v) is 1.43. The van der Waals surface area contributed by atoms with Crippen molar-refractivity contribution in [1.29, 1.82) is 0 Å². The number of aryl methyl sites for hydroxylation is 2. The fourth-order valence-electron chi connectivity index (χ4n) is 1.43.